The molecule has 4 rings (SSSR count). The Kier molecular flexibility index (Phi) is 13.5. The maximum absolute atomic E-state index is 14.5. The van der Waals surface area contributed by atoms with Crippen LogP contribution in [0.25, 0.3) is 10.9 Å². The fraction of sp³-hybridized carbons (Fsp3) is 0.538. The second-order valence-electron chi connectivity index (χ2n) is 14.2. The number of unbranched alkanes of at least 4 members (excludes halogenated alkanes) is 3. The van der Waals surface area contributed by atoms with Crippen molar-refractivity contribution in [3.8, 4) is 11.5 Å². The molecule has 2 heterocycles. The summed E-state index contributed by atoms with van der Waals surface area (Å²) in [5.74, 6) is -1.92. The Hall–Kier alpha value is -5.14. The van der Waals surface area contributed by atoms with Crippen LogP contribution < -0.4 is 20.1 Å². The zero-order valence-electron chi connectivity index (χ0n) is 31.5. The summed E-state index contributed by atoms with van der Waals surface area (Å²) in [6, 6.07) is 4.43. The molecule has 1 saturated carbocycles. The Morgan fingerprint density at radius 1 is 1.09 bits per heavy atom. The van der Waals surface area contributed by atoms with Crippen molar-refractivity contribution >= 4 is 40.7 Å². The van der Waals surface area contributed by atoms with Gasteiger partial charge in [-0.2, -0.15) is 0 Å². The highest BCUT2D eigenvalue weighted by Gasteiger charge is 2.62. The van der Waals surface area contributed by atoms with Gasteiger partial charge in [0, 0.05) is 29.9 Å². The van der Waals surface area contributed by atoms with Crippen LogP contribution in [0.4, 0.5) is 4.79 Å². The number of methoxy groups -OCH3 is 2. The molecule has 1 aliphatic carbocycles. The molecule has 288 valence electrons. The molecule has 2 N–H and O–H groups in total. The molecule has 1 aromatic carbocycles. The number of nitrogens with zero attached hydrogens (tertiary/aromatic N) is 2. The van der Waals surface area contributed by atoms with E-state index in [0.717, 1.165) is 19.3 Å². The minimum absolute atomic E-state index is 0.0119. The number of nitrogens with one attached hydrogen (secondary N) is 2. The molecule has 53 heavy (non-hydrogen) atoms. The first-order valence-corrected chi connectivity index (χ1v) is 18.0. The summed E-state index contributed by atoms with van der Waals surface area (Å²) in [5, 5.41) is 6.17. The van der Waals surface area contributed by atoms with Crippen molar-refractivity contribution in [1.82, 2.24) is 20.5 Å². The fourth-order valence-electron chi connectivity index (χ4n) is 6.45. The maximum atomic E-state index is 14.5. The van der Waals surface area contributed by atoms with E-state index in [4.69, 9.17) is 23.7 Å². The number of carbonyl (C=O) groups excluding carboxylic acids is 5. The summed E-state index contributed by atoms with van der Waals surface area (Å²) in [5.41, 5.74) is -1.73. The summed E-state index contributed by atoms with van der Waals surface area (Å²) in [7, 11) is 2.75. The van der Waals surface area contributed by atoms with E-state index in [9.17, 15) is 24.0 Å². The largest absolute Gasteiger partial charge is 0.497 e. The van der Waals surface area contributed by atoms with Crippen LogP contribution in [0, 0.1) is 5.92 Å². The number of amides is 3. The SMILES string of the molecule is C=CCCCCCC(NC(=O)OC(C)(C)C)C(=O)N1CC(Oc2cc(C(=O)OC)nc3cc(OC)ccc23)CC1C(=O)NC1(C(=O)OCC)CC1C=C. The van der Waals surface area contributed by atoms with E-state index in [2.05, 4.69) is 28.8 Å². The van der Waals surface area contributed by atoms with Gasteiger partial charge in [0.25, 0.3) is 0 Å². The van der Waals surface area contributed by atoms with Gasteiger partial charge in [-0.3, -0.25) is 9.59 Å². The Balaban J connectivity index is 1.70. The zero-order valence-corrected chi connectivity index (χ0v) is 31.5. The number of esters is 2. The van der Waals surface area contributed by atoms with Gasteiger partial charge in [0.15, 0.2) is 5.69 Å². The molecular weight excluding hydrogens is 684 g/mol. The van der Waals surface area contributed by atoms with Crippen LogP contribution in [0.3, 0.4) is 0 Å². The molecule has 14 heteroatoms. The van der Waals surface area contributed by atoms with Gasteiger partial charge in [0.05, 0.1) is 32.9 Å². The number of benzene rings is 1. The minimum atomic E-state index is -1.31. The van der Waals surface area contributed by atoms with Crippen LogP contribution in [0.15, 0.2) is 49.6 Å². The predicted octanol–water partition coefficient (Wildman–Crippen LogP) is 5.03. The van der Waals surface area contributed by atoms with Gasteiger partial charge in [-0.15, -0.1) is 13.2 Å². The highest BCUT2D eigenvalue weighted by atomic mass is 16.6. The first kappa shape index (κ1) is 40.6. The van der Waals surface area contributed by atoms with Crippen molar-refractivity contribution in [2.75, 3.05) is 27.4 Å². The Morgan fingerprint density at radius 2 is 1.85 bits per heavy atom. The van der Waals surface area contributed by atoms with Crippen molar-refractivity contribution in [1.29, 1.82) is 0 Å². The minimum Gasteiger partial charge on any atom is -0.497 e. The number of hydrogen-bond acceptors (Lipinski definition) is 11. The monoisotopic (exact) mass is 736 g/mol. The number of rotatable bonds is 17. The van der Waals surface area contributed by atoms with Crippen molar-refractivity contribution < 1.29 is 47.7 Å². The number of carbonyl (C=O) groups is 5. The second kappa shape index (κ2) is 17.6. The van der Waals surface area contributed by atoms with Crippen molar-refractivity contribution in [3.63, 3.8) is 0 Å². The number of pyridine rings is 1. The molecule has 5 unspecified atom stereocenters. The Bertz CT molecular complexity index is 1700. The lowest BCUT2D eigenvalue weighted by Crippen LogP contribution is -2.56. The van der Waals surface area contributed by atoms with Gasteiger partial charge in [0.1, 0.15) is 40.8 Å². The third-order valence-electron chi connectivity index (χ3n) is 9.19. The second-order valence-corrected chi connectivity index (χ2v) is 14.2. The highest BCUT2D eigenvalue weighted by molar-refractivity contribution is 5.97. The molecule has 1 saturated heterocycles. The van der Waals surface area contributed by atoms with Gasteiger partial charge in [-0.05, 0) is 65.5 Å². The Labute approximate surface area is 310 Å². The van der Waals surface area contributed by atoms with Crippen LogP contribution in [0.5, 0.6) is 11.5 Å². The van der Waals surface area contributed by atoms with Gasteiger partial charge < -0.3 is 39.2 Å². The number of ether oxygens (including phenoxy) is 5. The predicted molar refractivity (Wildman–Crippen MR) is 196 cm³/mol. The molecule has 1 aliphatic heterocycles. The number of alkyl carbamates (subject to hydrolysis) is 1. The van der Waals surface area contributed by atoms with E-state index in [0.29, 0.717) is 29.5 Å². The molecule has 0 radical (unpaired) electrons. The third kappa shape index (κ3) is 10.1. The first-order valence-electron chi connectivity index (χ1n) is 18.0. The van der Waals surface area contributed by atoms with Crippen LogP contribution in [-0.2, 0) is 28.6 Å². The molecular formula is C39H52N4O10. The molecule has 3 amide bonds. The van der Waals surface area contributed by atoms with E-state index < -0.39 is 59.2 Å². The number of aromatic nitrogens is 1. The topological polar surface area (TPSA) is 172 Å². The molecule has 0 spiro atoms. The maximum Gasteiger partial charge on any atom is 0.408 e. The average Bonchev–Trinajstić information content (AvgIpc) is 3.68. The van der Waals surface area contributed by atoms with Crippen molar-refractivity contribution in [2.24, 2.45) is 5.92 Å². The van der Waals surface area contributed by atoms with E-state index in [1.54, 1.807) is 52.0 Å². The zero-order chi connectivity index (χ0) is 38.9. The number of allylic oxidation sites excluding steroid dienone is 1. The molecule has 1 aromatic heterocycles. The van der Waals surface area contributed by atoms with Crippen LogP contribution in [0.1, 0.15) is 83.1 Å². The lowest BCUT2D eigenvalue weighted by atomic mass is 10.0. The fourth-order valence-corrected chi connectivity index (χ4v) is 6.45. The standard InChI is InChI=1S/C39H52N4O10/c1-9-12-13-14-15-16-28(41-37(48)53-38(4,5)6)34(45)43-23-26(20-31(43)33(44)42-39(22-24(39)10-2)36(47)51-11-3)52-32-21-30(35(46)50-8)40-29-19-25(49-7)17-18-27(29)32/h9-10,17-19,21,24,26,28,31H,1-2,11-16,20,22-23H2,3-8H3,(H,41,48)(H,42,44). The molecule has 5 atom stereocenters. The molecule has 2 aromatic rings. The number of hydrogen-bond donors (Lipinski definition) is 2. The van der Waals surface area contributed by atoms with Gasteiger partial charge >= 0.3 is 18.0 Å². The smallest absolute Gasteiger partial charge is 0.408 e. The van der Waals surface area contributed by atoms with Gasteiger partial charge in [-0.1, -0.05) is 25.0 Å². The molecule has 14 nitrogen and oxygen atoms in total. The van der Waals surface area contributed by atoms with E-state index in [-0.39, 0.29) is 43.4 Å². The van der Waals surface area contributed by atoms with Crippen molar-refractivity contribution in [3.05, 3.63) is 55.3 Å². The summed E-state index contributed by atoms with van der Waals surface area (Å²) in [4.78, 5) is 73.2. The summed E-state index contributed by atoms with van der Waals surface area (Å²) < 4.78 is 27.6. The van der Waals surface area contributed by atoms with Crippen LogP contribution >= 0.6 is 0 Å². The van der Waals surface area contributed by atoms with E-state index in [1.165, 1.54) is 25.2 Å². The Morgan fingerprint density at radius 3 is 2.47 bits per heavy atom. The molecule has 0 bridgehead atoms. The first-order chi connectivity index (χ1) is 25.2. The molecule has 2 aliphatic rings. The summed E-state index contributed by atoms with van der Waals surface area (Å²) >= 11 is 0. The van der Waals surface area contributed by atoms with Crippen molar-refractivity contribution in [2.45, 2.75) is 102 Å². The average molecular weight is 737 g/mol. The normalized spacial score (nSPS) is 21.2. The summed E-state index contributed by atoms with van der Waals surface area (Å²) in [6.07, 6.45) is 5.59. The van der Waals surface area contributed by atoms with E-state index in [1.807, 2.05) is 6.08 Å². The number of fused-ring (bicyclic) bond motifs is 1. The van der Waals surface area contributed by atoms with E-state index >= 15 is 0 Å². The highest BCUT2D eigenvalue weighted by Crippen LogP contribution is 2.46. The van der Waals surface area contributed by atoms with Crippen LogP contribution in [0.2, 0.25) is 0 Å². The van der Waals surface area contributed by atoms with Gasteiger partial charge in [-0.25, -0.2) is 19.4 Å². The number of likely N-dealkylation sites (tertiary alicyclic amines) is 1. The molecule has 2 fully saturated rings. The van der Waals surface area contributed by atoms with Gasteiger partial charge in [0.2, 0.25) is 11.8 Å². The summed E-state index contributed by atoms with van der Waals surface area (Å²) in [6.45, 7) is 14.5. The third-order valence-corrected chi connectivity index (χ3v) is 9.19. The quantitative estimate of drug-likeness (QED) is 0.0966. The van der Waals surface area contributed by atoms with Crippen LogP contribution in [-0.4, -0.2) is 96.4 Å². The lowest BCUT2D eigenvalue weighted by molar-refractivity contribution is -0.150. The lowest BCUT2D eigenvalue weighted by Gasteiger charge is -2.30.